The normalized spacial score (nSPS) is 12.1. The quantitative estimate of drug-likeness (QED) is 0.697. The molecule has 0 aliphatic heterocycles. The number of carbonyl (C=O) groups excluding carboxylic acids is 1. The van der Waals surface area contributed by atoms with Crippen molar-refractivity contribution in [3.05, 3.63) is 18.3 Å². The van der Waals surface area contributed by atoms with Crippen LogP contribution in [-0.4, -0.2) is 22.5 Å². The first kappa shape index (κ1) is 12.4. The van der Waals surface area contributed by atoms with Crippen molar-refractivity contribution in [2.24, 2.45) is 11.7 Å². The van der Waals surface area contributed by atoms with Gasteiger partial charge in [0.15, 0.2) is 11.6 Å². The highest BCUT2D eigenvalue weighted by atomic mass is 16.3. The van der Waals surface area contributed by atoms with E-state index in [1.54, 1.807) is 6.07 Å². The first-order valence-electron chi connectivity index (χ1n) is 5.30. The summed E-state index contributed by atoms with van der Waals surface area (Å²) in [4.78, 5) is 15.5. The standard InChI is InChI=1S/C11H17N3O2/c1-8(4-2-6-12)11(16)14-10-9(15)5-3-7-13-10/h3,5,7-8,15H,2,4,6,12H2,1H3,(H,13,14,16). The fourth-order valence-electron chi connectivity index (χ4n) is 1.29. The number of aromatic nitrogens is 1. The fourth-order valence-corrected chi connectivity index (χ4v) is 1.29. The molecule has 1 aromatic rings. The van der Waals surface area contributed by atoms with Gasteiger partial charge in [0.2, 0.25) is 5.91 Å². The lowest BCUT2D eigenvalue weighted by Gasteiger charge is -2.11. The summed E-state index contributed by atoms with van der Waals surface area (Å²) in [7, 11) is 0. The maximum absolute atomic E-state index is 11.7. The van der Waals surface area contributed by atoms with Crippen LogP contribution in [0.2, 0.25) is 0 Å². The average Bonchev–Trinajstić information content (AvgIpc) is 2.28. The van der Waals surface area contributed by atoms with Crippen molar-refractivity contribution < 1.29 is 9.90 Å². The Kier molecular flexibility index (Phi) is 4.72. The Morgan fingerprint density at radius 2 is 2.44 bits per heavy atom. The molecule has 0 aliphatic carbocycles. The van der Waals surface area contributed by atoms with E-state index in [0.717, 1.165) is 12.8 Å². The summed E-state index contributed by atoms with van der Waals surface area (Å²) in [5, 5.41) is 12.0. The van der Waals surface area contributed by atoms with E-state index in [0.29, 0.717) is 6.54 Å². The van der Waals surface area contributed by atoms with Crippen LogP contribution in [0.4, 0.5) is 5.82 Å². The smallest absolute Gasteiger partial charge is 0.228 e. The Hall–Kier alpha value is -1.62. The van der Waals surface area contributed by atoms with Gasteiger partial charge in [-0.1, -0.05) is 6.92 Å². The third kappa shape index (κ3) is 3.51. The molecule has 5 nitrogen and oxygen atoms in total. The molecule has 0 radical (unpaired) electrons. The van der Waals surface area contributed by atoms with Gasteiger partial charge in [-0.25, -0.2) is 4.98 Å². The van der Waals surface area contributed by atoms with Crippen LogP contribution in [0.25, 0.3) is 0 Å². The van der Waals surface area contributed by atoms with Gasteiger partial charge in [-0.05, 0) is 31.5 Å². The van der Waals surface area contributed by atoms with E-state index in [9.17, 15) is 9.90 Å². The number of hydrogen-bond acceptors (Lipinski definition) is 4. The Morgan fingerprint density at radius 3 is 3.06 bits per heavy atom. The molecular formula is C11H17N3O2. The van der Waals surface area contributed by atoms with E-state index in [1.165, 1.54) is 12.3 Å². The molecule has 1 atom stereocenters. The Morgan fingerprint density at radius 1 is 1.69 bits per heavy atom. The molecule has 5 heteroatoms. The van der Waals surface area contributed by atoms with Crippen molar-refractivity contribution in [2.45, 2.75) is 19.8 Å². The van der Waals surface area contributed by atoms with E-state index in [-0.39, 0.29) is 23.4 Å². The second-order valence-electron chi connectivity index (χ2n) is 3.69. The molecule has 1 heterocycles. The largest absolute Gasteiger partial charge is 0.504 e. The van der Waals surface area contributed by atoms with E-state index in [2.05, 4.69) is 10.3 Å². The summed E-state index contributed by atoms with van der Waals surface area (Å²) >= 11 is 0. The Bertz CT molecular complexity index is 355. The van der Waals surface area contributed by atoms with Crippen LogP contribution < -0.4 is 11.1 Å². The Labute approximate surface area is 94.7 Å². The number of nitrogens with two attached hydrogens (primary N) is 1. The van der Waals surface area contributed by atoms with Crippen molar-refractivity contribution in [1.29, 1.82) is 0 Å². The van der Waals surface area contributed by atoms with Crippen LogP contribution in [0.3, 0.4) is 0 Å². The first-order valence-corrected chi connectivity index (χ1v) is 5.30. The third-order valence-corrected chi connectivity index (χ3v) is 2.32. The number of amides is 1. The van der Waals surface area contributed by atoms with Gasteiger partial charge in [-0.2, -0.15) is 0 Å². The number of anilines is 1. The van der Waals surface area contributed by atoms with Crippen LogP contribution in [0.15, 0.2) is 18.3 Å². The van der Waals surface area contributed by atoms with Crippen molar-refractivity contribution in [3.8, 4) is 5.75 Å². The lowest BCUT2D eigenvalue weighted by molar-refractivity contribution is -0.119. The van der Waals surface area contributed by atoms with E-state index in [1.807, 2.05) is 6.92 Å². The second-order valence-corrected chi connectivity index (χ2v) is 3.69. The SMILES string of the molecule is CC(CCCN)C(=O)Nc1ncccc1O. The zero-order valence-electron chi connectivity index (χ0n) is 9.31. The van der Waals surface area contributed by atoms with Crippen molar-refractivity contribution >= 4 is 11.7 Å². The average molecular weight is 223 g/mol. The second kappa shape index (κ2) is 6.07. The maximum atomic E-state index is 11.7. The molecule has 1 amide bonds. The fraction of sp³-hybridized carbons (Fsp3) is 0.455. The monoisotopic (exact) mass is 223 g/mol. The molecule has 0 aromatic carbocycles. The van der Waals surface area contributed by atoms with Crippen molar-refractivity contribution in [3.63, 3.8) is 0 Å². The number of aromatic hydroxyl groups is 1. The number of carbonyl (C=O) groups is 1. The lowest BCUT2D eigenvalue weighted by atomic mass is 10.1. The van der Waals surface area contributed by atoms with Gasteiger partial charge in [0.05, 0.1) is 0 Å². The lowest BCUT2D eigenvalue weighted by Crippen LogP contribution is -2.21. The van der Waals surface area contributed by atoms with Crippen molar-refractivity contribution in [2.75, 3.05) is 11.9 Å². The minimum absolute atomic E-state index is 0.0260. The van der Waals surface area contributed by atoms with Crippen LogP contribution in [0.1, 0.15) is 19.8 Å². The molecule has 0 fully saturated rings. The first-order chi connectivity index (χ1) is 7.65. The number of rotatable bonds is 5. The molecular weight excluding hydrogens is 206 g/mol. The van der Waals surface area contributed by atoms with Crippen LogP contribution in [0, 0.1) is 5.92 Å². The van der Waals surface area contributed by atoms with Gasteiger partial charge in [-0.3, -0.25) is 4.79 Å². The van der Waals surface area contributed by atoms with Crippen molar-refractivity contribution in [1.82, 2.24) is 4.98 Å². The highest BCUT2D eigenvalue weighted by Crippen LogP contribution is 2.19. The molecule has 0 aliphatic rings. The van der Waals surface area contributed by atoms with E-state index in [4.69, 9.17) is 5.73 Å². The third-order valence-electron chi connectivity index (χ3n) is 2.32. The zero-order valence-corrected chi connectivity index (χ0v) is 9.31. The molecule has 4 N–H and O–H groups in total. The molecule has 1 unspecified atom stereocenters. The van der Waals surface area contributed by atoms with Gasteiger partial charge in [0.1, 0.15) is 0 Å². The number of nitrogens with one attached hydrogen (secondary N) is 1. The molecule has 0 saturated heterocycles. The molecule has 1 aromatic heterocycles. The van der Waals surface area contributed by atoms with Gasteiger partial charge < -0.3 is 16.2 Å². The summed E-state index contributed by atoms with van der Waals surface area (Å²) in [6.07, 6.45) is 3.05. The minimum atomic E-state index is -0.151. The zero-order chi connectivity index (χ0) is 12.0. The topological polar surface area (TPSA) is 88.2 Å². The predicted molar refractivity (Wildman–Crippen MR) is 62.0 cm³/mol. The minimum Gasteiger partial charge on any atom is -0.504 e. The maximum Gasteiger partial charge on any atom is 0.228 e. The number of pyridine rings is 1. The molecule has 16 heavy (non-hydrogen) atoms. The highest BCUT2D eigenvalue weighted by molar-refractivity contribution is 5.92. The highest BCUT2D eigenvalue weighted by Gasteiger charge is 2.14. The van der Waals surface area contributed by atoms with E-state index >= 15 is 0 Å². The summed E-state index contributed by atoms with van der Waals surface area (Å²) < 4.78 is 0. The molecule has 0 bridgehead atoms. The van der Waals surface area contributed by atoms with Crippen LogP contribution in [0.5, 0.6) is 5.75 Å². The molecule has 88 valence electrons. The summed E-state index contributed by atoms with van der Waals surface area (Å²) in [5.41, 5.74) is 5.37. The predicted octanol–water partition coefficient (Wildman–Crippen LogP) is 1.10. The molecule has 0 saturated carbocycles. The van der Waals surface area contributed by atoms with Gasteiger partial charge in [0.25, 0.3) is 0 Å². The van der Waals surface area contributed by atoms with Crippen LogP contribution >= 0.6 is 0 Å². The van der Waals surface area contributed by atoms with Gasteiger partial charge >= 0.3 is 0 Å². The molecule has 1 rings (SSSR count). The summed E-state index contributed by atoms with van der Waals surface area (Å²) in [6, 6.07) is 3.08. The number of nitrogens with zero attached hydrogens (tertiary/aromatic N) is 1. The summed E-state index contributed by atoms with van der Waals surface area (Å²) in [6.45, 7) is 2.40. The van der Waals surface area contributed by atoms with Gasteiger partial charge in [0, 0.05) is 12.1 Å². The number of hydrogen-bond donors (Lipinski definition) is 3. The Balaban J connectivity index is 2.54. The van der Waals surface area contributed by atoms with Gasteiger partial charge in [-0.15, -0.1) is 0 Å². The summed E-state index contributed by atoms with van der Waals surface area (Å²) in [5.74, 6) is -0.110. The van der Waals surface area contributed by atoms with E-state index < -0.39 is 0 Å². The van der Waals surface area contributed by atoms with Crippen LogP contribution in [-0.2, 0) is 4.79 Å². The molecule has 0 spiro atoms.